The van der Waals surface area contributed by atoms with Crippen LogP contribution in [0, 0.1) is 0 Å². The third-order valence-electron chi connectivity index (χ3n) is 3.29. The zero-order chi connectivity index (χ0) is 16.2. The van der Waals surface area contributed by atoms with Crippen molar-refractivity contribution in [2.45, 2.75) is 0 Å². The van der Waals surface area contributed by atoms with Crippen molar-refractivity contribution in [1.82, 2.24) is 0 Å². The number of benzene rings is 2. The highest BCUT2D eigenvalue weighted by atomic mass is 16.5. The van der Waals surface area contributed by atoms with Crippen molar-refractivity contribution < 1.29 is 24.2 Å². The van der Waals surface area contributed by atoms with Crippen LogP contribution in [0.15, 0.2) is 60.4 Å². The monoisotopic (exact) mass is 308 g/mol. The van der Waals surface area contributed by atoms with Gasteiger partial charge in [-0.3, -0.25) is 0 Å². The van der Waals surface area contributed by atoms with Gasteiger partial charge in [-0.2, -0.15) is 0 Å². The third kappa shape index (κ3) is 3.15. The molecule has 0 aliphatic carbocycles. The standard InChI is InChI=1S/C18H12O5/c19-10-14-8-16(12-4-2-1-3-5-12)15-7-6-13(9-17(15)23-14)22-11-18(20)21/h1-9H,11H2,(H,20,21). The van der Waals surface area contributed by atoms with Crippen LogP contribution >= 0.6 is 0 Å². The second-order valence-electron chi connectivity index (χ2n) is 4.83. The summed E-state index contributed by atoms with van der Waals surface area (Å²) in [6.07, 6.45) is 1.63. The van der Waals surface area contributed by atoms with Crippen molar-refractivity contribution in [3.63, 3.8) is 0 Å². The molecular weight excluding hydrogens is 296 g/mol. The maximum absolute atomic E-state index is 11.0. The van der Waals surface area contributed by atoms with E-state index >= 15 is 0 Å². The lowest BCUT2D eigenvalue weighted by Gasteiger charge is -2.19. The van der Waals surface area contributed by atoms with E-state index < -0.39 is 12.6 Å². The topological polar surface area (TPSA) is 72.8 Å². The molecule has 1 heterocycles. The number of hydrogen-bond acceptors (Lipinski definition) is 4. The summed E-state index contributed by atoms with van der Waals surface area (Å²) in [4.78, 5) is 21.6. The molecule has 0 aromatic heterocycles. The number of rotatable bonds is 4. The number of carboxylic acids is 1. The van der Waals surface area contributed by atoms with Crippen LogP contribution in [0.5, 0.6) is 11.5 Å². The Morgan fingerprint density at radius 1 is 1.17 bits per heavy atom. The molecule has 0 saturated heterocycles. The Labute approximate surface area is 132 Å². The number of ether oxygens (including phenoxy) is 2. The lowest BCUT2D eigenvalue weighted by atomic mass is 9.95. The SMILES string of the molecule is O=C=C1C=C(c2ccccc2)c2ccc(OCC(=O)O)cc2O1. The first-order valence-electron chi connectivity index (χ1n) is 6.86. The summed E-state index contributed by atoms with van der Waals surface area (Å²) in [5.74, 6) is 1.52. The maximum Gasteiger partial charge on any atom is 0.341 e. The number of allylic oxidation sites excluding steroid dienone is 1. The Morgan fingerprint density at radius 2 is 1.96 bits per heavy atom. The van der Waals surface area contributed by atoms with Gasteiger partial charge in [0.15, 0.2) is 12.5 Å². The lowest BCUT2D eigenvalue weighted by Crippen LogP contribution is -2.10. The zero-order valence-electron chi connectivity index (χ0n) is 12.0. The van der Waals surface area contributed by atoms with E-state index in [0.717, 1.165) is 16.7 Å². The van der Waals surface area contributed by atoms with Gasteiger partial charge in [-0.15, -0.1) is 0 Å². The second-order valence-corrected chi connectivity index (χ2v) is 4.83. The molecule has 0 fully saturated rings. The van der Waals surface area contributed by atoms with Crippen LogP contribution < -0.4 is 9.47 Å². The third-order valence-corrected chi connectivity index (χ3v) is 3.29. The van der Waals surface area contributed by atoms with Gasteiger partial charge in [0.2, 0.25) is 5.76 Å². The van der Waals surface area contributed by atoms with E-state index in [2.05, 4.69) is 0 Å². The van der Waals surface area contributed by atoms with E-state index in [-0.39, 0.29) is 5.76 Å². The summed E-state index contributed by atoms with van der Waals surface area (Å²) in [5, 5.41) is 8.66. The van der Waals surface area contributed by atoms with Crippen LogP contribution in [-0.2, 0) is 9.59 Å². The molecule has 0 amide bonds. The first-order chi connectivity index (χ1) is 11.2. The number of aliphatic carboxylic acids is 1. The minimum Gasteiger partial charge on any atom is -0.482 e. The second kappa shape index (κ2) is 6.22. The van der Waals surface area contributed by atoms with Gasteiger partial charge in [-0.1, -0.05) is 30.3 Å². The van der Waals surface area contributed by atoms with Crippen LogP contribution in [0.4, 0.5) is 0 Å². The predicted molar refractivity (Wildman–Crippen MR) is 82.9 cm³/mol. The molecule has 0 atom stereocenters. The quantitative estimate of drug-likeness (QED) is 0.879. The molecule has 0 radical (unpaired) electrons. The van der Waals surface area contributed by atoms with Crippen LogP contribution in [0.3, 0.4) is 0 Å². The first-order valence-corrected chi connectivity index (χ1v) is 6.86. The molecule has 3 rings (SSSR count). The molecule has 114 valence electrons. The molecule has 23 heavy (non-hydrogen) atoms. The Morgan fingerprint density at radius 3 is 2.65 bits per heavy atom. The summed E-state index contributed by atoms with van der Waals surface area (Å²) in [5.41, 5.74) is 2.55. The van der Waals surface area contributed by atoms with Crippen molar-refractivity contribution in [3.05, 3.63) is 71.5 Å². The molecule has 2 aromatic carbocycles. The van der Waals surface area contributed by atoms with Crippen molar-refractivity contribution in [2.75, 3.05) is 6.61 Å². The van der Waals surface area contributed by atoms with E-state index in [0.29, 0.717) is 11.5 Å². The van der Waals surface area contributed by atoms with Gasteiger partial charge in [0.1, 0.15) is 11.5 Å². The smallest absolute Gasteiger partial charge is 0.341 e. The summed E-state index contributed by atoms with van der Waals surface area (Å²) in [6.45, 7) is -0.448. The molecule has 0 saturated carbocycles. The van der Waals surface area contributed by atoms with Gasteiger partial charge in [-0.25, -0.2) is 9.59 Å². The Balaban J connectivity index is 2.02. The lowest BCUT2D eigenvalue weighted by molar-refractivity contribution is -0.139. The molecule has 2 aromatic rings. The molecular formula is C18H12O5. The molecule has 0 bridgehead atoms. The molecule has 1 N–H and O–H groups in total. The normalized spacial score (nSPS) is 12.5. The van der Waals surface area contributed by atoms with E-state index in [4.69, 9.17) is 14.6 Å². The van der Waals surface area contributed by atoms with Crippen LogP contribution in [0.25, 0.3) is 5.57 Å². The Kier molecular flexibility index (Phi) is 3.95. The van der Waals surface area contributed by atoms with Crippen molar-refractivity contribution in [3.8, 4) is 11.5 Å². The van der Waals surface area contributed by atoms with Gasteiger partial charge in [-0.05, 0) is 23.3 Å². The highest BCUT2D eigenvalue weighted by molar-refractivity contribution is 5.87. The number of carbonyl (C=O) groups is 1. The fourth-order valence-electron chi connectivity index (χ4n) is 2.31. The van der Waals surface area contributed by atoms with Gasteiger partial charge in [0.05, 0.1) is 0 Å². The van der Waals surface area contributed by atoms with Gasteiger partial charge in [0, 0.05) is 17.7 Å². The van der Waals surface area contributed by atoms with Crippen molar-refractivity contribution in [2.24, 2.45) is 0 Å². The van der Waals surface area contributed by atoms with Crippen molar-refractivity contribution >= 4 is 17.5 Å². The van der Waals surface area contributed by atoms with Crippen LogP contribution in [0.2, 0.25) is 0 Å². The highest BCUT2D eigenvalue weighted by Gasteiger charge is 2.19. The summed E-state index contributed by atoms with van der Waals surface area (Å²) in [6, 6.07) is 14.6. The van der Waals surface area contributed by atoms with Crippen LogP contribution in [-0.4, -0.2) is 23.6 Å². The zero-order valence-corrected chi connectivity index (χ0v) is 12.0. The maximum atomic E-state index is 11.0. The largest absolute Gasteiger partial charge is 0.482 e. The number of hydrogen-bond donors (Lipinski definition) is 1. The first kappa shape index (κ1) is 14.6. The van der Waals surface area contributed by atoms with Gasteiger partial charge >= 0.3 is 5.97 Å². The summed E-state index contributed by atoms with van der Waals surface area (Å²) >= 11 is 0. The van der Waals surface area contributed by atoms with Crippen LogP contribution in [0.1, 0.15) is 11.1 Å². The van der Waals surface area contributed by atoms with E-state index in [1.165, 1.54) is 0 Å². The minimum atomic E-state index is -1.07. The van der Waals surface area contributed by atoms with Crippen molar-refractivity contribution in [1.29, 1.82) is 0 Å². The molecule has 5 nitrogen and oxygen atoms in total. The average Bonchev–Trinajstić information content (AvgIpc) is 2.59. The van der Waals surface area contributed by atoms with Gasteiger partial charge < -0.3 is 14.6 Å². The molecule has 0 spiro atoms. The summed E-state index contributed by atoms with van der Waals surface area (Å²) in [7, 11) is 0. The molecule has 0 unspecified atom stereocenters. The number of carbonyl (C=O) groups excluding carboxylic acids is 1. The molecule has 1 aliphatic heterocycles. The van der Waals surface area contributed by atoms with E-state index in [1.54, 1.807) is 30.2 Å². The number of carboxylic acid groups (broad SMARTS) is 1. The van der Waals surface area contributed by atoms with E-state index in [1.807, 2.05) is 30.3 Å². The fraction of sp³-hybridized carbons (Fsp3) is 0.0556. The highest BCUT2D eigenvalue weighted by Crippen LogP contribution is 2.38. The molecule has 1 aliphatic rings. The Hall–Kier alpha value is -3.30. The molecule has 5 heteroatoms. The Bertz CT molecular complexity index is 830. The van der Waals surface area contributed by atoms with Gasteiger partial charge in [0.25, 0.3) is 0 Å². The van der Waals surface area contributed by atoms with E-state index in [9.17, 15) is 9.59 Å². The number of fused-ring (bicyclic) bond motifs is 1. The minimum absolute atomic E-state index is 0.0618. The predicted octanol–water partition coefficient (Wildman–Crippen LogP) is 2.69. The average molecular weight is 308 g/mol. The summed E-state index contributed by atoms with van der Waals surface area (Å²) < 4.78 is 10.6. The fourth-order valence-corrected chi connectivity index (χ4v) is 2.31.